The molecule has 0 saturated carbocycles. The van der Waals surface area contributed by atoms with Crippen LogP contribution in [0.1, 0.15) is 32.2 Å². The van der Waals surface area contributed by atoms with E-state index in [2.05, 4.69) is 4.98 Å². The molecule has 0 saturated heterocycles. The van der Waals surface area contributed by atoms with Crippen molar-refractivity contribution in [1.29, 1.82) is 0 Å². The number of ether oxygens (including phenoxy) is 1. The maximum Gasteiger partial charge on any atom is 0.140 e. The number of hydrogen-bond acceptors (Lipinski definition) is 3. The minimum Gasteiger partial charge on any atom is -0.489 e. The van der Waals surface area contributed by atoms with E-state index < -0.39 is 5.60 Å². The van der Waals surface area contributed by atoms with Crippen LogP contribution in [-0.4, -0.2) is 22.3 Å². The number of pyridine rings is 1. The molecule has 3 nitrogen and oxygen atoms in total. The van der Waals surface area contributed by atoms with Crippen molar-refractivity contribution in [1.82, 2.24) is 4.98 Å². The number of aromatic nitrogens is 1. The second-order valence-electron chi connectivity index (χ2n) is 4.35. The summed E-state index contributed by atoms with van der Waals surface area (Å²) in [5, 5.41) is 9.55. The molecule has 0 unspecified atom stereocenters. The lowest BCUT2D eigenvalue weighted by atomic mass is 10.1. The fourth-order valence-electron chi connectivity index (χ4n) is 1.24. The van der Waals surface area contributed by atoms with Gasteiger partial charge < -0.3 is 9.84 Å². The van der Waals surface area contributed by atoms with Crippen molar-refractivity contribution in [2.75, 3.05) is 6.61 Å². The minimum absolute atomic E-state index is 0.282. The van der Waals surface area contributed by atoms with Crippen molar-refractivity contribution >= 4 is 0 Å². The van der Waals surface area contributed by atoms with Crippen molar-refractivity contribution in [2.24, 2.45) is 0 Å². The summed E-state index contributed by atoms with van der Waals surface area (Å²) < 4.78 is 5.53. The van der Waals surface area contributed by atoms with Crippen LogP contribution in [0.25, 0.3) is 0 Å². The predicted octanol–water partition coefficient (Wildman–Crippen LogP) is 2.10. The molecular weight excluding hydrogens is 190 g/mol. The quantitative estimate of drug-likeness (QED) is 0.825. The average Bonchev–Trinajstić information content (AvgIpc) is 2.14. The Labute approximate surface area is 91.1 Å². The highest BCUT2D eigenvalue weighted by molar-refractivity contribution is 5.29. The largest absolute Gasteiger partial charge is 0.489 e. The molecule has 1 heterocycles. The Morgan fingerprint density at radius 3 is 2.60 bits per heavy atom. The van der Waals surface area contributed by atoms with Crippen LogP contribution in [0.2, 0.25) is 0 Å². The summed E-state index contributed by atoms with van der Waals surface area (Å²) >= 11 is 0. The molecule has 0 atom stereocenters. The van der Waals surface area contributed by atoms with E-state index in [1.165, 1.54) is 0 Å². The molecule has 84 valence electrons. The molecule has 0 aliphatic rings. The molecule has 0 bridgehead atoms. The molecule has 1 aromatic rings. The maximum atomic E-state index is 9.55. The van der Waals surface area contributed by atoms with E-state index in [4.69, 9.17) is 4.74 Å². The highest BCUT2D eigenvalue weighted by Gasteiger charge is 2.14. The van der Waals surface area contributed by atoms with Gasteiger partial charge in [0.1, 0.15) is 12.4 Å². The van der Waals surface area contributed by atoms with Crippen molar-refractivity contribution in [3.8, 4) is 5.75 Å². The molecular formula is C12H19NO2. The van der Waals surface area contributed by atoms with Gasteiger partial charge in [-0.2, -0.15) is 0 Å². The van der Waals surface area contributed by atoms with Gasteiger partial charge in [0.25, 0.3) is 0 Å². The van der Waals surface area contributed by atoms with Gasteiger partial charge in [0.15, 0.2) is 0 Å². The summed E-state index contributed by atoms with van der Waals surface area (Å²) in [6.45, 7) is 7.73. The zero-order valence-corrected chi connectivity index (χ0v) is 9.87. The first-order valence-electron chi connectivity index (χ1n) is 5.24. The van der Waals surface area contributed by atoms with E-state index in [0.29, 0.717) is 0 Å². The SMILES string of the molecule is CCc1nc(C)ccc1OCC(C)(C)O. The summed E-state index contributed by atoms with van der Waals surface area (Å²) in [6, 6.07) is 3.83. The van der Waals surface area contributed by atoms with E-state index >= 15 is 0 Å². The standard InChI is InChI=1S/C12H19NO2/c1-5-10-11(7-6-9(2)13-10)15-8-12(3,4)14/h6-7,14H,5,8H2,1-4H3. The summed E-state index contributed by atoms with van der Waals surface area (Å²) in [4.78, 5) is 4.39. The number of hydrogen-bond donors (Lipinski definition) is 1. The van der Waals surface area contributed by atoms with Crippen molar-refractivity contribution < 1.29 is 9.84 Å². The average molecular weight is 209 g/mol. The van der Waals surface area contributed by atoms with Crippen LogP contribution in [0.5, 0.6) is 5.75 Å². The zero-order chi connectivity index (χ0) is 11.5. The monoisotopic (exact) mass is 209 g/mol. The summed E-state index contributed by atoms with van der Waals surface area (Å²) in [7, 11) is 0. The summed E-state index contributed by atoms with van der Waals surface area (Å²) in [5.74, 6) is 0.769. The van der Waals surface area contributed by atoms with Gasteiger partial charge in [-0.1, -0.05) is 6.92 Å². The van der Waals surface area contributed by atoms with Crippen molar-refractivity contribution in [3.05, 3.63) is 23.5 Å². The second kappa shape index (κ2) is 4.62. The Morgan fingerprint density at radius 2 is 2.07 bits per heavy atom. The topological polar surface area (TPSA) is 42.4 Å². The minimum atomic E-state index is -0.810. The first-order valence-corrected chi connectivity index (χ1v) is 5.24. The lowest BCUT2D eigenvalue weighted by Crippen LogP contribution is -2.28. The third-order valence-corrected chi connectivity index (χ3v) is 1.99. The van der Waals surface area contributed by atoms with Gasteiger partial charge in [-0.05, 0) is 39.3 Å². The Hall–Kier alpha value is -1.09. The van der Waals surface area contributed by atoms with E-state index in [-0.39, 0.29) is 6.61 Å². The molecule has 15 heavy (non-hydrogen) atoms. The van der Waals surface area contributed by atoms with Gasteiger partial charge in [-0.15, -0.1) is 0 Å². The molecule has 1 N–H and O–H groups in total. The summed E-state index contributed by atoms with van der Waals surface area (Å²) in [6.07, 6.45) is 0.836. The van der Waals surface area contributed by atoms with Crippen LogP contribution < -0.4 is 4.74 Å². The van der Waals surface area contributed by atoms with E-state index in [9.17, 15) is 5.11 Å². The molecule has 0 amide bonds. The van der Waals surface area contributed by atoms with Gasteiger partial charge in [-0.3, -0.25) is 4.98 Å². The molecule has 0 fully saturated rings. The number of aliphatic hydroxyl groups is 1. The van der Waals surface area contributed by atoms with Gasteiger partial charge >= 0.3 is 0 Å². The molecule has 0 aliphatic carbocycles. The lowest BCUT2D eigenvalue weighted by molar-refractivity contribution is 0.0280. The van der Waals surface area contributed by atoms with Crippen LogP contribution in [0.3, 0.4) is 0 Å². The highest BCUT2D eigenvalue weighted by Crippen LogP contribution is 2.18. The molecule has 0 spiro atoms. The highest BCUT2D eigenvalue weighted by atomic mass is 16.5. The number of nitrogens with zero attached hydrogens (tertiary/aromatic N) is 1. The molecule has 0 aromatic carbocycles. The van der Waals surface area contributed by atoms with E-state index in [1.54, 1.807) is 13.8 Å². The number of rotatable bonds is 4. The number of aryl methyl sites for hydroxylation is 2. The van der Waals surface area contributed by atoms with Crippen LogP contribution in [-0.2, 0) is 6.42 Å². The molecule has 3 heteroatoms. The van der Waals surface area contributed by atoms with Crippen molar-refractivity contribution in [2.45, 2.75) is 39.7 Å². The first-order chi connectivity index (χ1) is 6.92. The van der Waals surface area contributed by atoms with Crippen LogP contribution in [0, 0.1) is 6.92 Å². The Bertz CT molecular complexity index is 329. The fraction of sp³-hybridized carbons (Fsp3) is 0.583. The second-order valence-corrected chi connectivity index (χ2v) is 4.35. The molecule has 1 aromatic heterocycles. The van der Waals surface area contributed by atoms with Gasteiger partial charge in [0, 0.05) is 5.69 Å². The normalized spacial score (nSPS) is 11.5. The van der Waals surface area contributed by atoms with Gasteiger partial charge in [0.2, 0.25) is 0 Å². The molecule has 0 aliphatic heterocycles. The van der Waals surface area contributed by atoms with Crippen LogP contribution in [0.4, 0.5) is 0 Å². The fourth-order valence-corrected chi connectivity index (χ4v) is 1.24. The first kappa shape index (κ1) is 12.0. The van der Waals surface area contributed by atoms with Gasteiger partial charge in [0.05, 0.1) is 11.3 Å². The van der Waals surface area contributed by atoms with Crippen LogP contribution >= 0.6 is 0 Å². The Morgan fingerprint density at radius 1 is 1.40 bits per heavy atom. The van der Waals surface area contributed by atoms with Crippen molar-refractivity contribution in [3.63, 3.8) is 0 Å². The summed E-state index contributed by atoms with van der Waals surface area (Å²) in [5.41, 5.74) is 1.12. The molecule has 1 rings (SSSR count). The third kappa shape index (κ3) is 3.88. The van der Waals surface area contributed by atoms with Gasteiger partial charge in [-0.25, -0.2) is 0 Å². The predicted molar refractivity (Wildman–Crippen MR) is 60.1 cm³/mol. The maximum absolute atomic E-state index is 9.55. The smallest absolute Gasteiger partial charge is 0.140 e. The van der Waals surface area contributed by atoms with E-state index in [1.807, 2.05) is 26.0 Å². The van der Waals surface area contributed by atoms with Crippen LogP contribution in [0.15, 0.2) is 12.1 Å². The third-order valence-electron chi connectivity index (χ3n) is 1.99. The molecule has 0 radical (unpaired) electrons. The van der Waals surface area contributed by atoms with E-state index in [0.717, 1.165) is 23.6 Å². The Balaban J connectivity index is 2.76. The Kier molecular flexibility index (Phi) is 3.69. The lowest BCUT2D eigenvalue weighted by Gasteiger charge is -2.19. The zero-order valence-electron chi connectivity index (χ0n) is 9.87.